The molecule has 0 aromatic rings. The fourth-order valence-corrected chi connectivity index (χ4v) is 4.59. The second kappa shape index (κ2) is 6.76. The second-order valence-electron chi connectivity index (χ2n) is 7.25. The van der Waals surface area contributed by atoms with Gasteiger partial charge in [0.05, 0.1) is 0 Å². The largest absolute Gasteiger partial charge is 0.312 e. The third-order valence-corrected chi connectivity index (χ3v) is 6.08. The van der Waals surface area contributed by atoms with Gasteiger partial charge in [-0.2, -0.15) is 0 Å². The van der Waals surface area contributed by atoms with Crippen molar-refractivity contribution >= 4 is 0 Å². The topological polar surface area (TPSA) is 18.5 Å². The maximum Gasteiger partial charge on any atom is 0.0264 e. The van der Waals surface area contributed by atoms with E-state index in [9.17, 15) is 0 Å². The van der Waals surface area contributed by atoms with Crippen molar-refractivity contribution in [2.24, 2.45) is 5.92 Å². The molecule has 20 heavy (non-hydrogen) atoms. The number of fused-ring (bicyclic) bond motifs is 1. The first kappa shape index (κ1) is 14.8. The summed E-state index contributed by atoms with van der Waals surface area (Å²) in [6.07, 6.45) is 8.38. The predicted molar refractivity (Wildman–Crippen MR) is 85.1 cm³/mol. The highest BCUT2D eigenvalue weighted by Gasteiger charge is 2.39. The van der Waals surface area contributed by atoms with Crippen LogP contribution in [0.25, 0.3) is 0 Å². The van der Waals surface area contributed by atoms with Gasteiger partial charge in [-0.15, -0.1) is 0 Å². The molecule has 3 aliphatic heterocycles. The van der Waals surface area contributed by atoms with Gasteiger partial charge in [0.25, 0.3) is 0 Å². The Kier molecular flexibility index (Phi) is 5.00. The molecule has 3 aliphatic rings. The fourth-order valence-electron chi connectivity index (χ4n) is 4.59. The minimum Gasteiger partial charge on any atom is -0.312 e. The third kappa shape index (κ3) is 3.05. The Morgan fingerprint density at radius 3 is 2.65 bits per heavy atom. The number of nitrogens with zero attached hydrogens (tertiary/aromatic N) is 2. The summed E-state index contributed by atoms with van der Waals surface area (Å²) in [6, 6.07) is 2.43. The van der Waals surface area contributed by atoms with Gasteiger partial charge in [-0.1, -0.05) is 26.7 Å². The molecule has 0 radical (unpaired) electrons. The van der Waals surface area contributed by atoms with Crippen molar-refractivity contribution in [3.63, 3.8) is 0 Å². The van der Waals surface area contributed by atoms with Crippen molar-refractivity contribution in [1.82, 2.24) is 15.1 Å². The van der Waals surface area contributed by atoms with Crippen molar-refractivity contribution < 1.29 is 0 Å². The number of piperidine rings is 1. The van der Waals surface area contributed by atoms with Crippen molar-refractivity contribution in [1.29, 1.82) is 0 Å². The van der Waals surface area contributed by atoms with Crippen LogP contribution in [0.3, 0.4) is 0 Å². The van der Waals surface area contributed by atoms with Crippen molar-refractivity contribution in [2.45, 2.75) is 70.5 Å². The molecular weight excluding hydrogens is 246 g/mol. The van der Waals surface area contributed by atoms with Crippen LogP contribution in [-0.4, -0.2) is 60.6 Å². The van der Waals surface area contributed by atoms with Crippen molar-refractivity contribution in [3.8, 4) is 0 Å². The van der Waals surface area contributed by atoms with Gasteiger partial charge in [0.15, 0.2) is 0 Å². The highest BCUT2D eigenvalue weighted by atomic mass is 15.3. The molecule has 3 fully saturated rings. The maximum absolute atomic E-state index is 3.80. The highest BCUT2D eigenvalue weighted by Crippen LogP contribution is 2.31. The van der Waals surface area contributed by atoms with Gasteiger partial charge in [-0.05, 0) is 51.2 Å². The summed E-state index contributed by atoms with van der Waals surface area (Å²) in [4.78, 5) is 5.64. The Labute approximate surface area is 125 Å². The molecule has 0 bridgehead atoms. The lowest BCUT2D eigenvalue weighted by Gasteiger charge is -2.39. The van der Waals surface area contributed by atoms with Gasteiger partial charge in [0.2, 0.25) is 0 Å². The molecule has 0 aromatic heterocycles. The average Bonchev–Trinajstić information content (AvgIpc) is 2.76. The van der Waals surface area contributed by atoms with E-state index in [1.165, 1.54) is 71.2 Å². The molecular formula is C17H33N3. The normalized spacial score (nSPS) is 38.4. The lowest BCUT2D eigenvalue weighted by molar-refractivity contribution is 0.107. The number of hydrogen-bond donors (Lipinski definition) is 1. The standard InChI is InChI=1S/C17H33N3/c1-3-14(2)15-13-20(11-6-9-18-15)17-8-12-19-10-5-4-7-16(17)19/h14-18H,3-13H2,1-2H3. The molecule has 3 nitrogen and oxygen atoms in total. The summed E-state index contributed by atoms with van der Waals surface area (Å²) in [5.74, 6) is 0.805. The van der Waals surface area contributed by atoms with E-state index in [-0.39, 0.29) is 0 Å². The lowest BCUT2D eigenvalue weighted by atomic mass is 9.95. The quantitative estimate of drug-likeness (QED) is 0.855. The van der Waals surface area contributed by atoms with Gasteiger partial charge in [0.1, 0.15) is 0 Å². The SMILES string of the molecule is CCC(C)C1CN(C2CCN3CCCCC23)CCCN1. The average molecular weight is 279 g/mol. The zero-order valence-electron chi connectivity index (χ0n) is 13.5. The molecule has 0 saturated carbocycles. The Hall–Kier alpha value is -0.120. The van der Waals surface area contributed by atoms with Crippen LogP contribution >= 0.6 is 0 Å². The van der Waals surface area contributed by atoms with E-state index in [0.717, 1.165) is 18.0 Å². The molecule has 0 amide bonds. The van der Waals surface area contributed by atoms with E-state index >= 15 is 0 Å². The Morgan fingerprint density at radius 2 is 1.80 bits per heavy atom. The van der Waals surface area contributed by atoms with Crippen LogP contribution in [0.15, 0.2) is 0 Å². The first-order chi connectivity index (χ1) is 9.79. The zero-order chi connectivity index (χ0) is 13.9. The minimum atomic E-state index is 0.708. The number of nitrogens with one attached hydrogen (secondary N) is 1. The van der Waals surface area contributed by atoms with Crippen LogP contribution in [0, 0.1) is 5.92 Å². The second-order valence-corrected chi connectivity index (χ2v) is 7.25. The number of hydrogen-bond acceptors (Lipinski definition) is 3. The molecule has 0 spiro atoms. The van der Waals surface area contributed by atoms with E-state index in [4.69, 9.17) is 0 Å². The molecule has 0 aliphatic carbocycles. The van der Waals surface area contributed by atoms with Gasteiger partial charge in [-0.3, -0.25) is 9.80 Å². The van der Waals surface area contributed by atoms with Crippen LogP contribution in [0.1, 0.15) is 52.4 Å². The Balaban J connectivity index is 1.65. The van der Waals surface area contributed by atoms with Crippen LogP contribution < -0.4 is 5.32 Å². The predicted octanol–water partition coefficient (Wildman–Crippen LogP) is 2.32. The van der Waals surface area contributed by atoms with Crippen molar-refractivity contribution in [3.05, 3.63) is 0 Å². The van der Waals surface area contributed by atoms with E-state index in [1.807, 2.05) is 0 Å². The highest BCUT2D eigenvalue weighted by molar-refractivity contribution is 4.97. The van der Waals surface area contributed by atoms with Crippen LogP contribution in [0.5, 0.6) is 0 Å². The van der Waals surface area contributed by atoms with E-state index < -0.39 is 0 Å². The van der Waals surface area contributed by atoms with Crippen LogP contribution in [0.4, 0.5) is 0 Å². The summed E-state index contributed by atoms with van der Waals surface area (Å²) >= 11 is 0. The lowest BCUT2D eigenvalue weighted by Crippen LogP contribution is -2.50. The molecule has 3 heteroatoms. The fraction of sp³-hybridized carbons (Fsp3) is 1.00. The van der Waals surface area contributed by atoms with Crippen molar-refractivity contribution in [2.75, 3.05) is 32.7 Å². The molecule has 3 heterocycles. The smallest absolute Gasteiger partial charge is 0.0264 e. The first-order valence-electron chi connectivity index (χ1n) is 9.01. The third-order valence-electron chi connectivity index (χ3n) is 6.08. The molecule has 116 valence electrons. The summed E-state index contributed by atoms with van der Waals surface area (Å²) in [5.41, 5.74) is 0. The molecule has 3 saturated heterocycles. The van der Waals surface area contributed by atoms with E-state index in [2.05, 4.69) is 29.0 Å². The monoisotopic (exact) mass is 279 g/mol. The van der Waals surface area contributed by atoms with E-state index in [0.29, 0.717) is 6.04 Å². The first-order valence-corrected chi connectivity index (χ1v) is 9.01. The van der Waals surface area contributed by atoms with Gasteiger partial charge in [-0.25, -0.2) is 0 Å². The van der Waals surface area contributed by atoms with Gasteiger partial charge in [0, 0.05) is 31.2 Å². The molecule has 3 rings (SSSR count). The Bertz CT molecular complexity index is 307. The summed E-state index contributed by atoms with van der Waals surface area (Å²) in [6.45, 7) is 11.3. The Morgan fingerprint density at radius 1 is 1.00 bits per heavy atom. The maximum atomic E-state index is 3.80. The minimum absolute atomic E-state index is 0.708. The van der Waals surface area contributed by atoms with Gasteiger partial charge < -0.3 is 5.32 Å². The summed E-state index contributed by atoms with van der Waals surface area (Å²) in [5, 5.41) is 3.80. The van der Waals surface area contributed by atoms with Crippen LogP contribution in [0.2, 0.25) is 0 Å². The summed E-state index contributed by atoms with van der Waals surface area (Å²) < 4.78 is 0. The molecule has 0 aromatic carbocycles. The van der Waals surface area contributed by atoms with Gasteiger partial charge >= 0.3 is 0 Å². The number of rotatable bonds is 3. The summed E-state index contributed by atoms with van der Waals surface area (Å²) in [7, 11) is 0. The zero-order valence-corrected chi connectivity index (χ0v) is 13.5. The molecule has 1 N–H and O–H groups in total. The molecule has 4 unspecified atom stereocenters. The van der Waals surface area contributed by atoms with E-state index in [1.54, 1.807) is 0 Å². The van der Waals surface area contributed by atoms with Crippen LogP contribution in [-0.2, 0) is 0 Å². The molecule has 4 atom stereocenters.